The second kappa shape index (κ2) is 7.11. The van der Waals surface area contributed by atoms with Crippen LogP contribution in [0.3, 0.4) is 0 Å². The lowest BCUT2D eigenvalue weighted by Crippen LogP contribution is -2.59. The molecule has 0 radical (unpaired) electrons. The van der Waals surface area contributed by atoms with Gasteiger partial charge < -0.3 is 20.7 Å². The standard InChI is InChI=1S/C23H29N5O3/c1-22(27-18-3-2-14(11-24)12-26-18)4-5-28(13-22)21(30)31-19-16-6-15-7-17(19)10-23(8-15,9-16)20(25)29/h2-3,12,15-17,19H,4-10,13H2,1H3,(H2,25,29)(H,26,27)/t15?,16?,17?,19-,22?,23-. The van der Waals surface area contributed by atoms with Gasteiger partial charge in [-0.05, 0) is 75.3 Å². The molecular weight excluding hydrogens is 394 g/mol. The molecule has 0 aromatic carbocycles. The molecule has 2 heterocycles. The Kier molecular flexibility index (Phi) is 4.61. The Balaban J connectivity index is 1.21. The molecule has 3 atom stereocenters. The molecule has 1 aliphatic heterocycles. The van der Waals surface area contributed by atoms with Gasteiger partial charge in [0.25, 0.3) is 0 Å². The summed E-state index contributed by atoms with van der Waals surface area (Å²) in [5, 5.41) is 12.3. The molecule has 3 unspecified atom stereocenters. The van der Waals surface area contributed by atoms with Gasteiger partial charge in [-0.3, -0.25) is 4.79 Å². The van der Waals surface area contributed by atoms with Crippen molar-refractivity contribution in [2.45, 2.75) is 57.1 Å². The van der Waals surface area contributed by atoms with E-state index in [0.717, 1.165) is 38.5 Å². The molecule has 5 aliphatic rings. The summed E-state index contributed by atoms with van der Waals surface area (Å²) in [6, 6.07) is 5.58. The maximum atomic E-state index is 13.0. The number of amides is 2. The summed E-state index contributed by atoms with van der Waals surface area (Å²) in [5.74, 6) is 1.55. The van der Waals surface area contributed by atoms with E-state index >= 15 is 0 Å². The highest BCUT2D eigenvalue weighted by molar-refractivity contribution is 5.81. The van der Waals surface area contributed by atoms with Crippen LogP contribution in [0.25, 0.3) is 0 Å². The zero-order valence-electron chi connectivity index (χ0n) is 17.8. The van der Waals surface area contributed by atoms with E-state index in [-0.39, 0.29) is 40.9 Å². The molecule has 1 saturated heterocycles. The van der Waals surface area contributed by atoms with Crippen LogP contribution in [0.15, 0.2) is 18.3 Å². The first kappa shape index (κ1) is 20.1. The first-order chi connectivity index (χ1) is 14.8. The zero-order valence-corrected chi connectivity index (χ0v) is 17.8. The molecule has 3 N–H and O–H groups in total. The Bertz CT molecular complexity index is 926. The van der Waals surface area contributed by atoms with E-state index in [1.165, 1.54) is 6.20 Å². The van der Waals surface area contributed by atoms with Gasteiger partial charge in [-0.15, -0.1) is 0 Å². The highest BCUT2D eigenvalue weighted by Crippen LogP contribution is 2.60. The summed E-state index contributed by atoms with van der Waals surface area (Å²) < 4.78 is 6.07. The van der Waals surface area contributed by atoms with Crippen molar-refractivity contribution >= 4 is 17.8 Å². The summed E-state index contributed by atoms with van der Waals surface area (Å²) in [6.07, 6.45) is 6.47. The molecule has 0 spiro atoms. The SMILES string of the molecule is CC1(Nc2ccc(C#N)cn2)CCN(C(=O)O[C@H]2C3CC4CC2C[C@](C(N)=O)(C4)C3)C1. The minimum Gasteiger partial charge on any atom is -0.446 e. The maximum absolute atomic E-state index is 13.0. The predicted molar refractivity (Wildman–Crippen MR) is 113 cm³/mol. The number of anilines is 1. The number of likely N-dealkylation sites (tertiary alicyclic amines) is 1. The van der Waals surface area contributed by atoms with Gasteiger partial charge in [-0.1, -0.05) is 0 Å². The molecule has 1 aromatic rings. The van der Waals surface area contributed by atoms with Gasteiger partial charge >= 0.3 is 6.09 Å². The number of carbonyl (C=O) groups excluding carboxylic acids is 2. The molecule has 8 heteroatoms. The fourth-order valence-corrected chi connectivity index (χ4v) is 6.72. The average Bonchev–Trinajstić information content (AvgIpc) is 3.12. The minimum absolute atomic E-state index is 0.100. The van der Waals surface area contributed by atoms with Gasteiger partial charge in [-0.25, -0.2) is 9.78 Å². The van der Waals surface area contributed by atoms with Crippen LogP contribution in [0.2, 0.25) is 0 Å². The van der Waals surface area contributed by atoms with Crippen molar-refractivity contribution in [2.24, 2.45) is 28.9 Å². The van der Waals surface area contributed by atoms with Crippen LogP contribution in [-0.4, -0.2) is 46.6 Å². The number of aromatic nitrogens is 1. The number of carbonyl (C=O) groups is 2. The van der Waals surface area contributed by atoms with Crippen molar-refractivity contribution in [1.82, 2.24) is 9.88 Å². The smallest absolute Gasteiger partial charge is 0.410 e. The number of nitrogens with zero attached hydrogens (tertiary/aromatic N) is 3. The molecule has 31 heavy (non-hydrogen) atoms. The van der Waals surface area contributed by atoms with Gasteiger partial charge in [-0.2, -0.15) is 5.26 Å². The number of primary amides is 1. The van der Waals surface area contributed by atoms with Crippen LogP contribution in [-0.2, 0) is 9.53 Å². The summed E-state index contributed by atoms with van der Waals surface area (Å²) in [6.45, 7) is 3.22. The van der Waals surface area contributed by atoms with Gasteiger partial charge in [0.2, 0.25) is 5.91 Å². The Labute approximate surface area is 182 Å². The van der Waals surface area contributed by atoms with E-state index in [4.69, 9.17) is 15.7 Å². The van der Waals surface area contributed by atoms with Gasteiger partial charge in [0, 0.05) is 19.3 Å². The van der Waals surface area contributed by atoms with E-state index in [9.17, 15) is 9.59 Å². The average molecular weight is 424 g/mol. The number of nitrogens with two attached hydrogens (primary N) is 1. The molecular formula is C23H29N5O3. The molecule has 164 valence electrons. The topological polar surface area (TPSA) is 121 Å². The van der Waals surface area contributed by atoms with Crippen LogP contribution >= 0.6 is 0 Å². The van der Waals surface area contributed by atoms with Crippen LogP contribution in [0, 0.1) is 34.5 Å². The highest BCUT2D eigenvalue weighted by Gasteiger charge is 2.59. The lowest BCUT2D eigenvalue weighted by molar-refractivity contribution is -0.161. The van der Waals surface area contributed by atoms with Crippen molar-refractivity contribution in [1.29, 1.82) is 5.26 Å². The Hall–Kier alpha value is -2.82. The molecule has 4 aliphatic carbocycles. The second-order valence-corrected chi connectivity index (χ2v) is 10.4. The van der Waals surface area contributed by atoms with Crippen LogP contribution in [0.4, 0.5) is 10.6 Å². The fourth-order valence-electron chi connectivity index (χ4n) is 6.72. The Morgan fingerprint density at radius 2 is 2.03 bits per heavy atom. The van der Waals surface area contributed by atoms with Crippen LogP contribution in [0.5, 0.6) is 0 Å². The first-order valence-corrected chi connectivity index (χ1v) is 11.2. The van der Waals surface area contributed by atoms with Crippen molar-refractivity contribution < 1.29 is 14.3 Å². The zero-order chi connectivity index (χ0) is 21.8. The maximum Gasteiger partial charge on any atom is 0.410 e. The molecule has 2 amide bonds. The predicted octanol–water partition coefficient (Wildman–Crippen LogP) is 2.65. The van der Waals surface area contributed by atoms with E-state index in [1.54, 1.807) is 17.0 Å². The van der Waals surface area contributed by atoms with Gasteiger partial charge in [0.1, 0.15) is 18.0 Å². The molecule has 4 bridgehead atoms. The van der Waals surface area contributed by atoms with Crippen molar-refractivity contribution in [2.75, 3.05) is 18.4 Å². The number of hydrogen-bond donors (Lipinski definition) is 2. The van der Waals surface area contributed by atoms with E-state index in [2.05, 4.69) is 23.3 Å². The van der Waals surface area contributed by atoms with Crippen molar-refractivity contribution in [3.8, 4) is 6.07 Å². The quantitative estimate of drug-likeness (QED) is 0.768. The summed E-state index contributed by atoms with van der Waals surface area (Å²) in [5.41, 5.74) is 5.60. The van der Waals surface area contributed by atoms with Gasteiger partial charge in [0.05, 0.1) is 16.5 Å². The monoisotopic (exact) mass is 423 g/mol. The molecule has 5 fully saturated rings. The van der Waals surface area contributed by atoms with E-state index in [0.29, 0.717) is 30.4 Å². The van der Waals surface area contributed by atoms with Gasteiger partial charge in [0.15, 0.2) is 0 Å². The summed E-state index contributed by atoms with van der Waals surface area (Å²) in [4.78, 5) is 31.2. The third kappa shape index (κ3) is 3.50. The lowest BCUT2D eigenvalue weighted by Gasteiger charge is -2.58. The third-order valence-electron chi connectivity index (χ3n) is 8.00. The normalized spacial score (nSPS) is 38.0. The largest absolute Gasteiger partial charge is 0.446 e. The van der Waals surface area contributed by atoms with Crippen LogP contribution < -0.4 is 11.1 Å². The summed E-state index contributed by atoms with van der Waals surface area (Å²) in [7, 11) is 0. The lowest BCUT2D eigenvalue weighted by atomic mass is 9.48. The molecule has 4 saturated carbocycles. The molecule has 1 aromatic heterocycles. The first-order valence-electron chi connectivity index (χ1n) is 11.2. The number of ether oxygens (including phenoxy) is 1. The third-order valence-corrected chi connectivity index (χ3v) is 8.00. The molecule has 6 rings (SSSR count). The van der Waals surface area contributed by atoms with E-state index in [1.807, 2.05) is 0 Å². The number of rotatable bonds is 4. The number of nitriles is 1. The highest BCUT2D eigenvalue weighted by atomic mass is 16.6. The molecule has 8 nitrogen and oxygen atoms in total. The number of nitrogens with one attached hydrogen (secondary N) is 1. The van der Waals surface area contributed by atoms with E-state index < -0.39 is 0 Å². The number of hydrogen-bond acceptors (Lipinski definition) is 6. The summed E-state index contributed by atoms with van der Waals surface area (Å²) >= 11 is 0. The minimum atomic E-state index is -0.371. The Morgan fingerprint density at radius 1 is 1.29 bits per heavy atom. The Morgan fingerprint density at radius 3 is 2.65 bits per heavy atom. The van der Waals surface area contributed by atoms with Crippen LogP contribution in [0.1, 0.15) is 51.0 Å². The number of pyridine rings is 1. The van der Waals surface area contributed by atoms with Crippen molar-refractivity contribution in [3.05, 3.63) is 23.9 Å². The van der Waals surface area contributed by atoms with Crippen molar-refractivity contribution in [3.63, 3.8) is 0 Å². The fraction of sp³-hybridized carbons (Fsp3) is 0.652. The second-order valence-electron chi connectivity index (χ2n) is 10.4.